The van der Waals surface area contributed by atoms with Gasteiger partial charge in [0, 0.05) is 95.1 Å². The number of nitrogens with two attached hydrogens (primary N) is 1. The number of ketones is 1. The summed E-state index contributed by atoms with van der Waals surface area (Å²) in [5, 5.41) is 5.16. The number of pyridine rings is 1. The van der Waals surface area contributed by atoms with E-state index in [-0.39, 0.29) is 23.1 Å². The molecule has 0 radical (unpaired) electrons. The number of hydrogen-bond acceptors (Lipinski definition) is 7. The summed E-state index contributed by atoms with van der Waals surface area (Å²) in [7, 11) is 12.9. The highest BCUT2D eigenvalue weighted by molar-refractivity contribution is 6.08. The topological polar surface area (TPSA) is 119 Å². The van der Waals surface area contributed by atoms with E-state index >= 15 is 0 Å². The summed E-state index contributed by atoms with van der Waals surface area (Å²) in [6.45, 7) is 2.72. The van der Waals surface area contributed by atoms with Gasteiger partial charge in [-0.1, -0.05) is 6.92 Å². The normalized spacial score (nSPS) is 11.9. The van der Waals surface area contributed by atoms with E-state index in [1.54, 1.807) is 29.4 Å². The monoisotopic (exact) mass is 652 g/mol. The highest BCUT2D eigenvalue weighted by Crippen LogP contribution is 2.27. The first kappa shape index (κ1) is 34.0. The van der Waals surface area contributed by atoms with Crippen molar-refractivity contribution in [2.75, 3.05) is 56.2 Å². The van der Waals surface area contributed by atoms with E-state index in [2.05, 4.69) is 90.3 Å². The van der Waals surface area contributed by atoms with Crippen LogP contribution in [-0.2, 0) is 25.4 Å². The summed E-state index contributed by atoms with van der Waals surface area (Å²) in [6, 6.07) is 18.4. The largest absolute Gasteiger partial charge is 0.464 e. The Morgan fingerprint density at radius 3 is 2.04 bits per heavy atom. The number of rotatable bonds is 12. The van der Waals surface area contributed by atoms with Crippen LogP contribution in [0.3, 0.4) is 0 Å². The average Bonchev–Trinajstić information content (AvgIpc) is 3.57. The first-order valence-corrected chi connectivity index (χ1v) is 16.1. The SMILES string of the molecule is COC(=O)c1cc(NC(=O)c2cc(N)c(C(=O)C(C)CCCC[n+]3c4cc(N(C)C)ccc4cc4ccc(N(C)C)cc43)n2C)cn1C. The van der Waals surface area contributed by atoms with Crippen LogP contribution in [0, 0.1) is 5.92 Å². The number of hydrogen-bond donors (Lipinski definition) is 2. The van der Waals surface area contributed by atoms with Gasteiger partial charge in [-0.25, -0.2) is 4.79 Å². The van der Waals surface area contributed by atoms with Gasteiger partial charge in [-0.3, -0.25) is 9.59 Å². The van der Waals surface area contributed by atoms with Crippen LogP contribution >= 0.6 is 0 Å². The lowest BCUT2D eigenvalue weighted by molar-refractivity contribution is -0.645. The molecule has 0 saturated heterocycles. The molecular weight excluding hydrogens is 606 g/mol. The number of nitrogens with zero attached hydrogens (tertiary/aromatic N) is 5. The molecule has 0 aliphatic rings. The number of carbonyl (C=O) groups is 3. The quantitative estimate of drug-likeness (QED) is 0.0609. The number of anilines is 4. The highest BCUT2D eigenvalue weighted by atomic mass is 16.5. The molecule has 3 aromatic heterocycles. The molecule has 3 heterocycles. The molecule has 0 fully saturated rings. The van der Waals surface area contributed by atoms with Crippen molar-refractivity contribution in [3.05, 3.63) is 77.9 Å². The molecule has 1 atom stereocenters. The molecule has 11 heteroatoms. The molecule has 48 heavy (non-hydrogen) atoms. The van der Waals surface area contributed by atoms with Gasteiger partial charge >= 0.3 is 5.97 Å². The number of carbonyl (C=O) groups excluding carboxylic acids is 3. The summed E-state index contributed by atoms with van der Waals surface area (Å²) in [5.41, 5.74) is 12.5. The van der Waals surface area contributed by atoms with Crippen molar-refractivity contribution in [3.63, 3.8) is 0 Å². The first-order valence-electron chi connectivity index (χ1n) is 16.1. The molecule has 0 spiro atoms. The molecule has 252 valence electrons. The Hall–Kier alpha value is -5.32. The van der Waals surface area contributed by atoms with Crippen LogP contribution in [0.2, 0.25) is 0 Å². The summed E-state index contributed by atoms with van der Waals surface area (Å²) >= 11 is 0. The predicted molar refractivity (Wildman–Crippen MR) is 192 cm³/mol. The zero-order chi connectivity index (χ0) is 34.9. The summed E-state index contributed by atoms with van der Waals surface area (Å²) < 4.78 is 10.3. The highest BCUT2D eigenvalue weighted by Gasteiger charge is 2.26. The summed E-state index contributed by atoms with van der Waals surface area (Å²) in [5.74, 6) is -1.34. The third-order valence-electron chi connectivity index (χ3n) is 9.06. The predicted octanol–water partition coefficient (Wildman–Crippen LogP) is 5.40. The Labute approximate surface area is 281 Å². The average molecular weight is 653 g/mol. The number of benzene rings is 2. The first-order chi connectivity index (χ1) is 22.8. The van der Waals surface area contributed by atoms with Crippen molar-refractivity contribution in [2.24, 2.45) is 20.0 Å². The van der Waals surface area contributed by atoms with E-state index in [1.807, 2.05) is 6.92 Å². The van der Waals surface area contributed by atoms with Gasteiger partial charge in [-0.2, -0.15) is 4.57 Å². The van der Waals surface area contributed by atoms with Gasteiger partial charge in [-0.05, 0) is 55.3 Å². The lowest BCUT2D eigenvalue weighted by atomic mass is 9.96. The van der Waals surface area contributed by atoms with Gasteiger partial charge in [0.05, 0.1) is 18.5 Å². The molecule has 5 rings (SSSR count). The second-order valence-electron chi connectivity index (χ2n) is 12.9. The van der Waals surface area contributed by atoms with E-state index < -0.39 is 11.9 Å². The molecule has 5 aromatic rings. The molecule has 0 aliphatic carbocycles. The Morgan fingerprint density at radius 1 is 0.875 bits per heavy atom. The third-order valence-corrected chi connectivity index (χ3v) is 9.06. The maximum Gasteiger partial charge on any atom is 0.354 e. The maximum atomic E-state index is 13.7. The number of nitrogen functional groups attached to an aromatic ring is 1. The minimum atomic E-state index is -0.510. The number of amides is 1. The van der Waals surface area contributed by atoms with Crippen LogP contribution in [0.1, 0.15) is 57.7 Å². The van der Waals surface area contributed by atoms with Crippen molar-refractivity contribution in [1.82, 2.24) is 9.13 Å². The van der Waals surface area contributed by atoms with E-state index in [0.29, 0.717) is 23.5 Å². The smallest absolute Gasteiger partial charge is 0.354 e. The molecule has 0 bridgehead atoms. The van der Waals surface area contributed by atoms with E-state index in [1.165, 1.54) is 41.0 Å². The molecule has 0 aliphatic heterocycles. The molecule has 1 amide bonds. The number of ether oxygens (including phenoxy) is 1. The summed E-state index contributed by atoms with van der Waals surface area (Å²) in [6.07, 6.45) is 4.02. The molecule has 2 aromatic carbocycles. The fourth-order valence-electron chi connectivity index (χ4n) is 6.24. The third kappa shape index (κ3) is 6.71. The van der Waals surface area contributed by atoms with E-state index in [4.69, 9.17) is 10.5 Å². The second kappa shape index (κ2) is 13.8. The van der Waals surface area contributed by atoms with Gasteiger partial charge in [0.1, 0.15) is 23.6 Å². The lowest BCUT2D eigenvalue weighted by Crippen LogP contribution is -2.36. The second-order valence-corrected chi connectivity index (χ2v) is 12.9. The van der Waals surface area contributed by atoms with Crippen LogP contribution in [0.5, 0.6) is 0 Å². The number of aromatic nitrogens is 3. The van der Waals surface area contributed by atoms with Gasteiger partial charge in [0.25, 0.3) is 5.91 Å². The minimum absolute atomic E-state index is 0.101. The van der Waals surface area contributed by atoms with Crippen LogP contribution in [-0.4, -0.2) is 62.1 Å². The zero-order valence-corrected chi connectivity index (χ0v) is 29.1. The van der Waals surface area contributed by atoms with Crippen molar-refractivity contribution in [3.8, 4) is 0 Å². The minimum Gasteiger partial charge on any atom is -0.464 e. The van der Waals surface area contributed by atoms with Crippen molar-refractivity contribution in [1.29, 1.82) is 0 Å². The molecule has 1 unspecified atom stereocenters. The maximum absolute atomic E-state index is 13.7. The Balaban J connectivity index is 1.30. The molecule has 11 nitrogen and oxygen atoms in total. The van der Waals surface area contributed by atoms with Crippen LogP contribution in [0.25, 0.3) is 21.8 Å². The van der Waals surface area contributed by atoms with Crippen LogP contribution in [0.4, 0.5) is 22.7 Å². The number of unbranched alkanes of at least 4 members (excludes halogenated alkanes) is 1. The van der Waals surface area contributed by atoms with Gasteiger partial charge < -0.3 is 34.7 Å². The van der Waals surface area contributed by atoms with E-state index in [0.717, 1.165) is 30.8 Å². The number of esters is 1. The Kier molecular flexibility index (Phi) is 9.79. The standard InChI is InChI=1S/C37H45N7O4/c1-23(35(45)34-29(38)21-32(43(34)7)36(46)39-26-18-33(37(47)48-8)42(6)22-26)11-9-10-16-44-30-19-27(40(2)3)14-12-24(30)17-25-13-15-28(41(4)5)20-31(25)44/h12-15,17-23H,9-11,16H2,1-8H3,(H2-,38,39,45,46)/p+1. The number of Topliss-reactive ketones (excluding diaryl/α,β-unsaturated/α-hetero) is 1. The van der Waals surface area contributed by atoms with Gasteiger partial charge in [0.2, 0.25) is 11.0 Å². The number of nitrogens with one attached hydrogen (secondary N) is 1. The van der Waals surface area contributed by atoms with Gasteiger partial charge in [-0.15, -0.1) is 0 Å². The van der Waals surface area contributed by atoms with Crippen molar-refractivity contribution >= 4 is 62.2 Å². The Bertz CT molecular complexity index is 1960. The van der Waals surface area contributed by atoms with Crippen molar-refractivity contribution in [2.45, 2.75) is 32.7 Å². The summed E-state index contributed by atoms with van der Waals surface area (Å²) in [4.78, 5) is 43.0. The molecule has 0 saturated carbocycles. The molecular formula is C37H46N7O4+. The zero-order valence-electron chi connectivity index (χ0n) is 29.1. The van der Waals surface area contributed by atoms with Crippen LogP contribution in [0.15, 0.2) is 60.8 Å². The lowest BCUT2D eigenvalue weighted by Gasteiger charge is -2.15. The number of aryl methyl sites for hydroxylation is 2. The Morgan fingerprint density at radius 2 is 1.48 bits per heavy atom. The van der Waals surface area contributed by atoms with Crippen molar-refractivity contribution < 1.29 is 23.7 Å². The number of methoxy groups -OCH3 is 1. The van der Waals surface area contributed by atoms with Gasteiger partial charge in [0.15, 0.2) is 5.78 Å². The van der Waals surface area contributed by atoms with Crippen LogP contribution < -0.4 is 25.4 Å². The number of fused-ring (bicyclic) bond motifs is 2. The van der Waals surface area contributed by atoms with E-state index in [9.17, 15) is 14.4 Å². The fraction of sp³-hybridized carbons (Fsp3) is 0.351. The molecule has 3 N–H and O–H groups in total. The fourth-order valence-corrected chi connectivity index (χ4v) is 6.24.